The van der Waals surface area contributed by atoms with E-state index in [1.54, 1.807) is 24.3 Å². The summed E-state index contributed by atoms with van der Waals surface area (Å²) in [7, 11) is 0. The number of halogens is 2. The number of aromatic nitrogens is 1. The molecule has 34 heavy (non-hydrogen) atoms. The van der Waals surface area contributed by atoms with Crippen LogP contribution in [0.15, 0.2) is 53.5 Å². The fraction of sp³-hybridized carbons (Fsp3) is 0.208. The van der Waals surface area contributed by atoms with Crippen LogP contribution >= 0.6 is 11.6 Å². The molecule has 3 aromatic rings. The molecule has 0 aliphatic carbocycles. The predicted molar refractivity (Wildman–Crippen MR) is 130 cm³/mol. The smallest absolute Gasteiger partial charge is 0.226 e. The van der Waals surface area contributed by atoms with E-state index >= 15 is 0 Å². The first-order valence-corrected chi connectivity index (χ1v) is 10.9. The van der Waals surface area contributed by atoms with Crippen LogP contribution in [0.25, 0.3) is 11.1 Å². The van der Waals surface area contributed by atoms with Crippen molar-refractivity contribution >= 4 is 29.0 Å². The Labute approximate surface area is 201 Å². The number of anilines is 1. The summed E-state index contributed by atoms with van der Waals surface area (Å²) in [6, 6.07) is 12.1. The maximum absolute atomic E-state index is 14.7. The molecule has 7 N–H and O–H groups in total. The topological polar surface area (TPSA) is 143 Å². The fourth-order valence-corrected chi connectivity index (χ4v) is 3.69. The Hall–Kier alpha value is -3.85. The molecule has 0 radical (unpaired) electrons. The summed E-state index contributed by atoms with van der Waals surface area (Å²) in [5.74, 6) is -1.08. The number of amides is 1. The number of pyridine rings is 1. The number of carbonyl (C=O) groups excluding carboxylic acids is 1. The summed E-state index contributed by atoms with van der Waals surface area (Å²) in [5, 5.41) is 21.2. The SMILES string of the molecule is CC(C)N=c1cc(Cl)c(-c2cc(N)ccc2F)c(CC(=O)NCc2ccc(C(=N)N)cc2)n1O. The highest BCUT2D eigenvalue weighted by Crippen LogP contribution is 2.33. The monoisotopic (exact) mass is 484 g/mol. The van der Waals surface area contributed by atoms with Crippen LogP contribution in [-0.4, -0.2) is 27.7 Å². The van der Waals surface area contributed by atoms with Gasteiger partial charge in [0.2, 0.25) is 5.91 Å². The lowest BCUT2D eigenvalue weighted by molar-refractivity contribution is -0.120. The predicted octanol–water partition coefficient (Wildman–Crippen LogP) is 3.22. The number of nitrogens with zero attached hydrogens (tertiary/aromatic N) is 2. The Kier molecular flexibility index (Phi) is 7.57. The van der Waals surface area contributed by atoms with Crippen molar-refractivity contribution in [2.45, 2.75) is 32.9 Å². The summed E-state index contributed by atoms with van der Waals surface area (Å²) in [4.78, 5) is 17.1. The van der Waals surface area contributed by atoms with Gasteiger partial charge in [0.15, 0.2) is 5.49 Å². The third-order valence-corrected chi connectivity index (χ3v) is 5.29. The van der Waals surface area contributed by atoms with Gasteiger partial charge in [0.1, 0.15) is 11.7 Å². The van der Waals surface area contributed by atoms with E-state index in [-0.39, 0.29) is 52.2 Å². The number of nitrogens with one attached hydrogen (secondary N) is 2. The third kappa shape index (κ3) is 5.74. The molecule has 0 bridgehead atoms. The van der Waals surface area contributed by atoms with Crippen molar-refractivity contribution in [1.82, 2.24) is 10.0 Å². The van der Waals surface area contributed by atoms with Crippen LogP contribution in [-0.2, 0) is 17.8 Å². The maximum atomic E-state index is 14.7. The van der Waals surface area contributed by atoms with E-state index in [9.17, 15) is 14.4 Å². The molecule has 0 aliphatic heterocycles. The second kappa shape index (κ2) is 10.4. The third-order valence-electron chi connectivity index (χ3n) is 4.99. The molecule has 1 heterocycles. The molecule has 0 saturated carbocycles. The van der Waals surface area contributed by atoms with Gasteiger partial charge in [-0.2, -0.15) is 4.73 Å². The second-order valence-corrected chi connectivity index (χ2v) is 8.42. The highest BCUT2D eigenvalue weighted by atomic mass is 35.5. The molecule has 1 aromatic heterocycles. The molecule has 0 atom stereocenters. The zero-order chi connectivity index (χ0) is 25.0. The molecule has 0 spiro atoms. The molecule has 0 aliphatic rings. The zero-order valence-corrected chi connectivity index (χ0v) is 19.5. The summed E-state index contributed by atoms with van der Waals surface area (Å²) in [5.41, 5.74) is 13.4. The number of nitrogen functional groups attached to an aromatic ring is 2. The van der Waals surface area contributed by atoms with Gasteiger partial charge in [-0.1, -0.05) is 35.9 Å². The average Bonchev–Trinajstić information content (AvgIpc) is 2.77. The summed E-state index contributed by atoms with van der Waals surface area (Å²) >= 11 is 6.49. The molecule has 1 amide bonds. The van der Waals surface area contributed by atoms with E-state index in [1.165, 1.54) is 24.3 Å². The van der Waals surface area contributed by atoms with E-state index in [0.717, 1.165) is 10.3 Å². The van der Waals surface area contributed by atoms with E-state index < -0.39 is 11.7 Å². The number of hydrogen-bond acceptors (Lipinski definition) is 5. The van der Waals surface area contributed by atoms with E-state index in [1.807, 2.05) is 13.8 Å². The average molecular weight is 485 g/mol. The highest BCUT2D eigenvalue weighted by Gasteiger charge is 2.21. The number of benzene rings is 2. The molecular formula is C24H26ClFN6O2. The number of nitrogens with two attached hydrogens (primary N) is 2. The Morgan fingerprint density at radius 2 is 1.91 bits per heavy atom. The summed E-state index contributed by atoms with van der Waals surface area (Å²) < 4.78 is 15.5. The van der Waals surface area contributed by atoms with Crippen molar-refractivity contribution in [2.24, 2.45) is 10.7 Å². The molecule has 3 rings (SSSR count). The molecule has 0 fully saturated rings. The van der Waals surface area contributed by atoms with Crippen molar-refractivity contribution in [3.8, 4) is 11.1 Å². The largest absolute Gasteiger partial charge is 0.427 e. The minimum Gasteiger partial charge on any atom is -0.427 e. The number of rotatable bonds is 7. The normalized spacial score (nSPS) is 11.6. The number of carbonyl (C=O) groups is 1. The van der Waals surface area contributed by atoms with Crippen molar-refractivity contribution in [2.75, 3.05) is 5.73 Å². The van der Waals surface area contributed by atoms with Gasteiger partial charge in [-0.15, -0.1) is 0 Å². The van der Waals surface area contributed by atoms with Gasteiger partial charge < -0.3 is 22.0 Å². The molecule has 0 unspecified atom stereocenters. The number of hydrogen-bond donors (Lipinski definition) is 5. The molecular weight excluding hydrogens is 459 g/mol. The fourth-order valence-electron chi connectivity index (χ4n) is 3.38. The Balaban J connectivity index is 1.97. The van der Waals surface area contributed by atoms with Crippen molar-refractivity contribution in [3.63, 3.8) is 0 Å². The lowest BCUT2D eigenvalue weighted by Gasteiger charge is -2.17. The van der Waals surface area contributed by atoms with Gasteiger partial charge in [-0.25, -0.2) is 4.39 Å². The van der Waals surface area contributed by atoms with Crippen LogP contribution in [0, 0.1) is 11.2 Å². The van der Waals surface area contributed by atoms with Crippen LogP contribution in [0.3, 0.4) is 0 Å². The van der Waals surface area contributed by atoms with Crippen LogP contribution < -0.4 is 22.3 Å². The van der Waals surface area contributed by atoms with Crippen LogP contribution in [0.2, 0.25) is 5.02 Å². The molecule has 0 saturated heterocycles. The van der Waals surface area contributed by atoms with Gasteiger partial charge in [-0.05, 0) is 37.6 Å². The first kappa shape index (κ1) is 24.8. The van der Waals surface area contributed by atoms with Gasteiger partial charge >= 0.3 is 0 Å². The van der Waals surface area contributed by atoms with Gasteiger partial charge in [-0.3, -0.25) is 15.2 Å². The maximum Gasteiger partial charge on any atom is 0.226 e. The second-order valence-electron chi connectivity index (χ2n) is 8.01. The van der Waals surface area contributed by atoms with Gasteiger partial charge in [0, 0.05) is 41.0 Å². The van der Waals surface area contributed by atoms with E-state index in [0.29, 0.717) is 11.3 Å². The molecule has 10 heteroatoms. The lowest BCUT2D eigenvalue weighted by atomic mass is 10.0. The van der Waals surface area contributed by atoms with Crippen LogP contribution in [0.5, 0.6) is 0 Å². The first-order chi connectivity index (χ1) is 16.1. The van der Waals surface area contributed by atoms with Crippen molar-refractivity contribution in [3.05, 3.63) is 81.7 Å². The minimum atomic E-state index is -0.600. The van der Waals surface area contributed by atoms with E-state index in [2.05, 4.69) is 10.3 Å². The Morgan fingerprint density at radius 1 is 1.24 bits per heavy atom. The Bertz CT molecular complexity index is 1300. The highest BCUT2D eigenvalue weighted by molar-refractivity contribution is 6.33. The zero-order valence-electron chi connectivity index (χ0n) is 18.8. The van der Waals surface area contributed by atoms with Crippen molar-refractivity contribution in [1.29, 1.82) is 5.41 Å². The molecule has 8 nitrogen and oxygen atoms in total. The van der Waals surface area contributed by atoms with E-state index in [4.69, 9.17) is 28.5 Å². The van der Waals surface area contributed by atoms with Crippen LogP contribution in [0.4, 0.5) is 10.1 Å². The summed E-state index contributed by atoms with van der Waals surface area (Å²) in [6.45, 7) is 3.85. The quantitative estimate of drug-likeness (QED) is 0.152. The Morgan fingerprint density at radius 3 is 2.53 bits per heavy atom. The number of amidine groups is 1. The van der Waals surface area contributed by atoms with Gasteiger partial charge in [0.25, 0.3) is 0 Å². The minimum absolute atomic E-state index is 0.0482. The van der Waals surface area contributed by atoms with Crippen LogP contribution in [0.1, 0.15) is 30.7 Å². The van der Waals surface area contributed by atoms with Crippen molar-refractivity contribution < 1.29 is 14.4 Å². The molecule has 178 valence electrons. The summed E-state index contributed by atoms with van der Waals surface area (Å²) in [6.07, 6.45) is -0.299. The first-order valence-electron chi connectivity index (χ1n) is 10.5. The molecule has 2 aromatic carbocycles. The standard InChI is InChI=1S/C24H26ClFN6O2/c1-13(2)31-21-10-18(25)23(17-9-16(27)7-8-19(17)26)20(32(21)34)11-22(33)30-12-14-3-5-15(6-4-14)24(28)29/h3-10,13,34H,11-12,27H2,1-2H3,(H3,28,29)(H,30,33). The van der Waals surface area contributed by atoms with Gasteiger partial charge in [0.05, 0.1) is 17.1 Å². The lowest BCUT2D eigenvalue weighted by Crippen LogP contribution is -2.30.